The largest absolute Gasteiger partial charge is 0.372 e. The smallest absolute Gasteiger partial charge is 0.244 e. The summed E-state index contributed by atoms with van der Waals surface area (Å²) in [7, 11) is 0. The fourth-order valence-corrected chi connectivity index (χ4v) is 5.53. The number of nitrogens with zero attached hydrogens (tertiary/aromatic N) is 3. The summed E-state index contributed by atoms with van der Waals surface area (Å²) in [6.07, 6.45) is 2.57. The molecule has 2 N–H and O–H groups in total. The van der Waals surface area contributed by atoms with Crippen LogP contribution in [-0.4, -0.2) is 88.2 Å². The van der Waals surface area contributed by atoms with E-state index in [9.17, 15) is 14.0 Å². The molecule has 4 heterocycles. The van der Waals surface area contributed by atoms with Gasteiger partial charge in [0.1, 0.15) is 6.04 Å². The Hall–Kier alpha value is -2.79. The van der Waals surface area contributed by atoms with Gasteiger partial charge in [-0.3, -0.25) is 19.5 Å². The summed E-state index contributed by atoms with van der Waals surface area (Å²) in [5.74, 6) is -0.878. The number of hydrogen-bond donors (Lipinski definition) is 2. The van der Waals surface area contributed by atoms with Crippen LogP contribution in [0.2, 0.25) is 5.02 Å². The predicted octanol–water partition coefficient (Wildman–Crippen LogP) is 3.56. The molecule has 3 atom stereocenters. The van der Waals surface area contributed by atoms with Gasteiger partial charge in [0.25, 0.3) is 0 Å². The number of hydrogen-bond acceptors (Lipinski definition) is 6. The van der Waals surface area contributed by atoms with Crippen molar-refractivity contribution in [2.75, 3.05) is 38.1 Å². The van der Waals surface area contributed by atoms with Gasteiger partial charge in [-0.05, 0) is 39.8 Å². The van der Waals surface area contributed by atoms with Gasteiger partial charge in [0, 0.05) is 35.4 Å². The highest BCUT2D eigenvalue weighted by Crippen LogP contribution is 2.35. The summed E-state index contributed by atoms with van der Waals surface area (Å²) >= 11 is 6.35. The first-order chi connectivity index (χ1) is 17.5. The van der Waals surface area contributed by atoms with Gasteiger partial charge in [0.15, 0.2) is 5.82 Å². The van der Waals surface area contributed by atoms with Gasteiger partial charge in [-0.15, -0.1) is 0 Å². The molecule has 0 spiro atoms. The Kier molecular flexibility index (Phi) is 6.86. The first kappa shape index (κ1) is 25.8. The second kappa shape index (κ2) is 9.83. The summed E-state index contributed by atoms with van der Waals surface area (Å²) in [4.78, 5) is 37.5. The van der Waals surface area contributed by atoms with Gasteiger partial charge in [-0.1, -0.05) is 11.6 Å². The molecule has 2 aliphatic rings. The minimum absolute atomic E-state index is 0.0468. The normalized spacial score (nSPS) is 24.5. The molecule has 2 aliphatic heterocycles. The van der Waals surface area contributed by atoms with Crippen LogP contribution in [-0.2, 0) is 19.1 Å². The van der Waals surface area contributed by atoms with Crippen LogP contribution >= 0.6 is 11.6 Å². The van der Waals surface area contributed by atoms with E-state index < -0.39 is 17.5 Å². The number of ether oxygens (including phenoxy) is 2. The van der Waals surface area contributed by atoms with E-state index in [4.69, 9.17) is 21.1 Å². The summed E-state index contributed by atoms with van der Waals surface area (Å²) in [5, 5.41) is 4.18. The number of rotatable bonds is 4. The third kappa shape index (κ3) is 5.29. The maximum Gasteiger partial charge on any atom is 0.244 e. The van der Waals surface area contributed by atoms with Crippen LogP contribution in [0, 0.1) is 5.82 Å². The van der Waals surface area contributed by atoms with Crippen molar-refractivity contribution in [3.63, 3.8) is 0 Å². The molecule has 5 rings (SSSR count). The van der Waals surface area contributed by atoms with Crippen LogP contribution in [0.3, 0.4) is 0 Å². The second-order valence-corrected chi connectivity index (χ2v) is 11.0. The average molecular weight is 532 g/mol. The van der Waals surface area contributed by atoms with E-state index in [1.807, 2.05) is 32.6 Å². The first-order valence-electron chi connectivity index (χ1n) is 12.4. The van der Waals surface area contributed by atoms with Gasteiger partial charge in [0.2, 0.25) is 11.8 Å². The van der Waals surface area contributed by atoms with Crippen LogP contribution in [0.1, 0.15) is 27.7 Å². The van der Waals surface area contributed by atoms with Crippen LogP contribution in [0.25, 0.3) is 21.8 Å². The van der Waals surface area contributed by atoms with E-state index in [1.54, 1.807) is 17.0 Å². The summed E-state index contributed by atoms with van der Waals surface area (Å²) < 4.78 is 26.3. The summed E-state index contributed by atoms with van der Waals surface area (Å²) in [6.45, 7) is 9.40. The number of morpholine rings is 2. The monoisotopic (exact) mass is 531 g/mol. The number of H-pyrrole nitrogens is 1. The molecule has 1 aromatic carbocycles. The Balaban J connectivity index is 1.40. The molecule has 9 nitrogen and oxygen atoms in total. The van der Waals surface area contributed by atoms with Gasteiger partial charge in [-0.2, -0.15) is 0 Å². The van der Waals surface area contributed by atoms with Crippen molar-refractivity contribution in [1.29, 1.82) is 0 Å². The van der Waals surface area contributed by atoms with Gasteiger partial charge >= 0.3 is 0 Å². The molecule has 2 fully saturated rings. The quantitative estimate of drug-likeness (QED) is 0.534. The highest BCUT2D eigenvalue weighted by molar-refractivity contribution is 6.33. The number of anilines is 1. The van der Waals surface area contributed by atoms with E-state index in [0.717, 1.165) is 6.20 Å². The number of pyridine rings is 1. The van der Waals surface area contributed by atoms with E-state index in [-0.39, 0.29) is 37.2 Å². The maximum atomic E-state index is 14.5. The van der Waals surface area contributed by atoms with Crippen molar-refractivity contribution >= 4 is 50.9 Å². The molecule has 198 valence electrons. The van der Waals surface area contributed by atoms with Crippen molar-refractivity contribution in [1.82, 2.24) is 19.8 Å². The molecule has 2 amide bonds. The van der Waals surface area contributed by atoms with Crippen molar-refractivity contribution in [3.05, 3.63) is 35.4 Å². The number of halogens is 2. The lowest BCUT2D eigenvalue weighted by molar-refractivity contribution is -0.156. The van der Waals surface area contributed by atoms with Gasteiger partial charge in [0.05, 0.1) is 60.1 Å². The molecule has 0 radical (unpaired) electrons. The molecule has 0 saturated carbocycles. The zero-order chi connectivity index (χ0) is 26.5. The Bertz CT molecular complexity index is 1350. The van der Waals surface area contributed by atoms with Crippen molar-refractivity contribution in [2.45, 2.75) is 51.5 Å². The van der Waals surface area contributed by atoms with Crippen LogP contribution < -0.4 is 5.32 Å². The third-order valence-corrected chi connectivity index (χ3v) is 7.08. The molecular weight excluding hydrogens is 501 g/mol. The highest BCUT2D eigenvalue weighted by Gasteiger charge is 2.40. The number of aromatic amines is 1. The van der Waals surface area contributed by atoms with Crippen LogP contribution in [0.15, 0.2) is 24.5 Å². The maximum absolute atomic E-state index is 14.5. The summed E-state index contributed by atoms with van der Waals surface area (Å²) in [6, 6.07) is 2.56. The molecule has 0 aliphatic carbocycles. The standard InChI is InChI=1S/C26H31ClFN5O4/c1-14-9-32(10-15(2)37-14)22(34)11-33-13-26(3,4)36-12-21(33)25(35)31-19-6-16(27)5-17-23-18(28)7-29-8-20(23)30-24(17)19/h5-8,14-15,21,30H,9-13H2,1-4H3,(H,31,35)/t14-,15+,21?. The Morgan fingerprint density at radius 2 is 1.97 bits per heavy atom. The molecule has 11 heteroatoms. The molecule has 3 aromatic rings. The third-order valence-electron chi connectivity index (χ3n) is 6.86. The lowest BCUT2D eigenvalue weighted by Crippen LogP contribution is -2.61. The van der Waals surface area contributed by atoms with Gasteiger partial charge < -0.3 is 24.7 Å². The van der Waals surface area contributed by atoms with Crippen LogP contribution in [0.5, 0.6) is 0 Å². The number of amides is 2. The molecule has 0 bridgehead atoms. The van der Waals surface area contributed by atoms with E-state index >= 15 is 0 Å². The van der Waals surface area contributed by atoms with Crippen LogP contribution in [0.4, 0.5) is 10.1 Å². The molecule has 2 aromatic heterocycles. The fraction of sp³-hybridized carbons (Fsp3) is 0.500. The summed E-state index contributed by atoms with van der Waals surface area (Å²) in [5.41, 5.74) is 0.926. The minimum atomic E-state index is -0.704. The van der Waals surface area contributed by atoms with E-state index in [0.29, 0.717) is 52.2 Å². The lowest BCUT2D eigenvalue weighted by atomic mass is 10.0. The zero-order valence-corrected chi connectivity index (χ0v) is 22.1. The lowest BCUT2D eigenvalue weighted by Gasteiger charge is -2.43. The predicted molar refractivity (Wildman–Crippen MR) is 139 cm³/mol. The Labute approximate surface area is 219 Å². The highest BCUT2D eigenvalue weighted by atomic mass is 35.5. The Morgan fingerprint density at radius 1 is 1.24 bits per heavy atom. The molecule has 1 unspecified atom stereocenters. The molecule has 2 saturated heterocycles. The SMILES string of the molecule is C[C@@H]1CN(C(=O)CN2CC(C)(C)OCC2C(=O)Nc2cc(Cl)cc3c2[nH]c2cncc(F)c23)C[C@H](C)O1. The Morgan fingerprint density at radius 3 is 2.70 bits per heavy atom. The molecule has 37 heavy (non-hydrogen) atoms. The number of aromatic nitrogens is 2. The number of fused-ring (bicyclic) bond motifs is 3. The van der Waals surface area contributed by atoms with Gasteiger partial charge in [-0.25, -0.2) is 4.39 Å². The van der Waals surface area contributed by atoms with E-state index in [1.165, 1.54) is 6.20 Å². The zero-order valence-electron chi connectivity index (χ0n) is 21.3. The fourth-order valence-electron chi connectivity index (χ4n) is 5.31. The number of benzene rings is 1. The second-order valence-electron chi connectivity index (χ2n) is 10.6. The number of carbonyl (C=O) groups is 2. The van der Waals surface area contributed by atoms with E-state index in [2.05, 4.69) is 15.3 Å². The minimum Gasteiger partial charge on any atom is -0.372 e. The molecular formula is C26H31ClFN5O4. The van der Waals surface area contributed by atoms with Crippen molar-refractivity contribution in [2.24, 2.45) is 0 Å². The number of nitrogens with one attached hydrogen (secondary N) is 2. The first-order valence-corrected chi connectivity index (χ1v) is 12.7. The van der Waals surface area contributed by atoms with Crippen molar-refractivity contribution in [3.8, 4) is 0 Å². The van der Waals surface area contributed by atoms with Crippen molar-refractivity contribution < 1.29 is 23.5 Å². The number of carbonyl (C=O) groups excluding carboxylic acids is 2. The average Bonchev–Trinajstić information content (AvgIpc) is 3.17. The topological polar surface area (TPSA) is 99.8 Å².